The molecule has 0 aliphatic heterocycles. The van der Waals surface area contributed by atoms with Gasteiger partial charge in [0.15, 0.2) is 0 Å². The van der Waals surface area contributed by atoms with Crippen molar-refractivity contribution >= 4 is 27.3 Å². The molecule has 0 amide bonds. The van der Waals surface area contributed by atoms with Crippen LogP contribution in [-0.4, -0.2) is 25.0 Å². The molecule has 2 aromatic rings. The second kappa shape index (κ2) is 7.31. The molecule has 1 aromatic carbocycles. The minimum absolute atomic E-state index is 0.0944. The van der Waals surface area contributed by atoms with E-state index >= 15 is 0 Å². The highest BCUT2D eigenvalue weighted by atomic mass is 79.9. The lowest BCUT2D eigenvalue weighted by molar-refractivity contribution is 0.248. The topological polar surface area (TPSA) is 29.3 Å². The van der Waals surface area contributed by atoms with Crippen molar-refractivity contribution in [3.63, 3.8) is 0 Å². The van der Waals surface area contributed by atoms with Gasteiger partial charge in [-0.25, -0.2) is 4.39 Å². The van der Waals surface area contributed by atoms with Crippen molar-refractivity contribution in [1.82, 2.24) is 4.90 Å². The summed E-state index contributed by atoms with van der Waals surface area (Å²) in [6, 6.07) is 9.23. The number of thiophene rings is 1. The van der Waals surface area contributed by atoms with Gasteiger partial charge in [-0.1, -0.05) is 28.1 Å². The van der Waals surface area contributed by atoms with Gasteiger partial charge in [0, 0.05) is 34.0 Å². The van der Waals surface area contributed by atoms with E-state index < -0.39 is 0 Å². The first-order chi connectivity index (χ1) is 9.61. The second-order valence-electron chi connectivity index (χ2n) is 4.73. The molecule has 1 atom stereocenters. The van der Waals surface area contributed by atoms with Crippen LogP contribution in [0.15, 0.2) is 40.2 Å². The van der Waals surface area contributed by atoms with Crippen LogP contribution in [0.2, 0.25) is 0 Å². The molecule has 20 heavy (non-hydrogen) atoms. The molecule has 0 aliphatic rings. The van der Waals surface area contributed by atoms with Gasteiger partial charge in [-0.2, -0.15) is 0 Å². The fraction of sp³-hybridized carbons (Fsp3) is 0.333. The molecule has 2 N–H and O–H groups in total. The number of hydrogen-bond donors (Lipinski definition) is 1. The van der Waals surface area contributed by atoms with Gasteiger partial charge >= 0.3 is 0 Å². The minimum Gasteiger partial charge on any atom is -0.329 e. The van der Waals surface area contributed by atoms with Crippen LogP contribution < -0.4 is 5.73 Å². The Balaban J connectivity index is 2.06. The van der Waals surface area contributed by atoms with Crippen LogP contribution in [-0.2, 0) is 6.42 Å². The van der Waals surface area contributed by atoms with Gasteiger partial charge in [0.1, 0.15) is 5.82 Å². The average Bonchev–Trinajstić information content (AvgIpc) is 2.93. The third-order valence-electron chi connectivity index (χ3n) is 3.37. The molecular weight excluding hydrogens is 339 g/mol. The molecule has 0 bridgehead atoms. The minimum atomic E-state index is -0.210. The maximum Gasteiger partial charge on any atom is 0.129 e. The summed E-state index contributed by atoms with van der Waals surface area (Å²) < 4.78 is 14.8. The highest BCUT2D eigenvalue weighted by molar-refractivity contribution is 9.10. The summed E-state index contributed by atoms with van der Waals surface area (Å²) in [5, 5.41) is 2.07. The fourth-order valence-electron chi connectivity index (χ4n) is 2.21. The van der Waals surface area contributed by atoms with E-state index in [9.17, 15) is 4.39 Å². The van der Waals surface area contributed by atoms with Crippen molar-refractivity contribution in [2.45, 2.75) is 12.5 Å². The smallest absolute Gasteiger partial charge is 0.129 e. The van der Waals surface area contributed by atoms with Crippen LogP contribution in [0.5, 0.6) is 0 Å². The maximum absolute atomic E-state index is 14.1. The number of halogens is 2. The van der Waals surface area contributed by atoms with Crippen LogP contribution in [0.4, 0.5) is 4.39 Å². The first-order valence-corrected chi connectivity index (χ1v) is 8.16. The predicted molar refractivity (Wildman–Crippen MR) is 86.5 cm³/mol. The Labute approximate surface area is 131 Å². The summed E-state index contributed by atoms with van der Waals surface area (Å²) in [4.78, 5) is 3.45. The quantitative estimate of drug-likeness (QED) is 0.852. The van der Waals surface area contributed by atoms with E-state index in [1.165, 1.54) is 10.9 Å². The first kappa shape index (κ1) is 15.6. The molecule has 2 rings (SSSR count). The SMILES string of the molecule is CN(CCc1cccs1)C(CN)c1ccc(Br)cc1F. The number of nitrogens with two attached hydrogens (primary N) is 1. The average molecular weight is 357 g/mol. The van der Waals surface area contributed by atoms with Gasteiger partial charge in [-0.15, -0.1) is 11.3 Å². The lowest BCUT2D eigenvalue weighted by Gasteiger charge is -2.27. The van der Waals surface area contributed by atoms with E-state index in [4.69, 9.17) is 5.73 Å². The van der Waals surface area contributed by atoms with Gasteiger partial charge in [-0.05, 0) is 37.0 Å². The number of hydrogen-bond acceptors (Lipinski definition) is 3. The molecular formula is C15H18BrFN2S. The summed E-state index contributed by atoms with van der Waals surface area (Å²) in [5.41, 5.74) is 6.50. The van der Waals surface area contributed by atoms with Crippen molar-refractivity contribution < 1.29 is 4.39 Å². The van der Waals surface area contributed by atoms with Gasteiger partial charge in [0.25, 0.3) is 0 Å². The highest BCUT2D eigenvalue weighted by Crippen LogP contribution is 2.24. The van der Waals surface area contributed by atoms with Crippen molar-refractivity contribution in [1.29, 1.82) is 0 Å². The molecule has 0 radical (unpaired) electrons. The van der Waals surface area contributed by atoms with E-state index in [0.29, 0.717) is 12.1 Å². The highest BCUT2D eigenvalue weighted by Gasteiger charge is 2.19. The van der Waals surface area contributed by atoms with Crippen molar-refractivity contribution in [3.05, 3.63) is 56.4 Å². The molecule has 1 heterocycles. The Bertz CT molecular complexity index is 545. The number of likely N-dealkylation sites (N-methyl/N-ethyl adjacent to an activating group) is 1. The Morgan fingerprint density at radius 2 is 2.20 bits per heavy atom. The van der Waals surface area contributed by atoms with E-state index in [1.807, 2.05) is 13.1 Å². The van der Waals surface area contributed by atoms with Crippen molar-refractivity contribution in [2.75, 3.05) is 20.1 Å². The zero-order chi connectivity index (χ0) is 14.5. The predicted octanol–water partition coefficient (Wildman–Crippen LogP) is 3.82. The summed E-state index contributed by atoms with van der Waals surface area (Å²) >= 11 is 5.02. The molecule has 108 valence electrons. The van der Waals surface area contributed by atoms with Crippen LogP contribution >= 0.6 is 27.3 Å². The van der Waals surface area contributed by atoms with Gasteiger partial charge in [0.2, 0.25) is 0 Å². The zero-order valence-electron chi connectivity index (χ0n) is 11.4. The van der Waals surface area contributed by atoms with Crippen LogP contribution in [0.3, 0.4) is 0 Å². The van der Waals surface area contributed by atoms with Crippen LogP contribution in [0.1, 0.15) is 16.5 Å². The molecule has 0 fully saturated rings. The molecule has 0 spiro atoms. The third kappa shape index (κ3) is 3.88. The van der Waals surface area contributed by atoms with Crippen molar-refractivity contribution in [2.24, 2.45) is 5.73 Å². The molecule has 0 saturated heterocycles. The molecule has 0 saturated carbocycles. The van der Waals surface area contributed by atoms with E-state index in [0.717, 1.165) is 17.4 Å². The molecule has 5 heteroatoms. The standard InChI is InChI=1S/C15H18BrFN2S/c1-19(7-6-12-3-2-8-20-12)15(10-18)13-5-4-11(16)9-14(13)17/h2-5,8-9,15H,6-7,10,18H2,1H3. The second-order valence-corrected chi connectivity index (χ2v) is 6.68. The van der Waals surface area contributed by atoms with E-state index in [1.54, 1.807) is 17.4 Å². The van der Waals surface area contributed by atoms with Crippen LogP contribution in [0, 0.1) is 5.82 Å². The summed E-state index contributed by atoms with van der Waals surface area (Å²) in [5.74, 6) is -0.210. The summed E-state index contributed by atoms with van der Waals surface area (Å²) in [7, 11) is 1.99. The van der Waals surface area contributed by atoms with Crippen LogP contribution in [0.25, 0.3) is 0 Å². The Kier molecular flexibility index (Phi) is 5.72. The van der Waals surface area contributed by atoms with Gasteiger partial charge < -0.3 is 5.73 Å². The fourth-order valence-corrected chi connectivity index (χ4v) is 3.24. The van der Waals surface area contributed by atoms with Gasteiger partial charge in [-0.3, -0.25) is 4.90 Å². The normalized spacial score (nSPS) is 12.8. The first-order valence-electron chi connectivity index (χ1n) is 6.49. The van der Waals surface area contributed by atoms with Gasteiger partial charge in [0.05, 0.1) is 0 Å². The zero-order valence-corrected chi connectivity index (χ0v) is 13.8. The summed E-state index contributed by atoms with van der Waals surface area (Å²) in [6.07, 6.45) is 0.961. The maximum atomic E-state index is 14.1. The van der Waals surface area contributed by atoms with E-state index in [2.05, 4.69) is 38.3 Å². The Morgan fingerprint density at radius 3 is 2.80 bits per heavy atom. The number of nitrogens with zero attached hydrogens (tertiary/aromatic N) is 1. The van der Waals surface area contributed by atoms with Crippen molar-refractivity contribution in [3.8, 4) is 0 Å². The Hall–Kier alpha value is -0.750. The molecule has 2 nitrogen and oxygen atoms in total. The largest absolute Gasteiger partial charge is 0.329 e. The monoisotopic (exact) mass is 356 g/mol. The number of benzene rings is 1. The lowest BCUT2D eigenvalue weighted by Crippen LogP contribution is -2.32. The summed E-state index contributed by atoms with van der Waals surface area (Å²) in [6.45, 7) is 1.26. The Morgan fingerprint density at radius 1 is 1.40 bits per heavy atom. The third-order valence-corrected chi connectivity index (χ3v) is 4.80. The molecule has 1 aromatic heterocycles. The van der Waals surface area contributed by atoms with E-state index in [-0.39, 0.29) is 11.9 Å². The lowest BCUT2D eigenvalue weighted by atomic mass is 10.0. The number of rotatable bonds is 6. The molecule has 0 aliphatic carbocycles. The molecule has 1 unspecified atom stereocenters.